The van der Waals surface area contributed by atoms with Gasteiger partial charge in [-0.2, -0.15) is 0 Å². The number of benzene rings is 2. The Morgan fingerprint density at radius 2 is 1.79 bits per heavy atom. The van der Waals surface area contributed by atoms with Crippen LogP contribution in [0.1, 0.15) is 33.2 Å². The average Bonchev–Trinajstić information content (AvgIpc) is 3.38. The zero-order valence-corrected chi connectivity index (χ0v) is 17.7. The Bertz CT molecular complexity index is 1580. The molecule has 0 radical (unpaired) electrons. The third-order valence-corrected chi connectivity index (χ3v) is 6.00. The van der Waals surface area contributed by atoms with Crippen molar-refractivity contribution in [2.24, 2.45) is 0 Å². The molecule has 3 heterocycles. The summed E-state index contributed by atoms with van der Waals surface area (Å²) in [6, 6.07) is 18.6. The first-order valence-corrected chi connectivity index (χ1v) is 10.6. The highest BCUT2D eigenvalue weighted by Gasteiger charge is 2.32. The Balaban J connectivity index is 1.48. The van der Waals surface area contributed by atoms with Gasteiger partial charge in [0.15, 0.2) is 0 Å². The van der Waals surface area contributed by atoms with Crippen LogP contribution in [0, 0.1) is 6.92 Å². The minimum Gasteiger partial charge on any atom is -0.341 e. The molecule has 1 atom stereocenters. The molecule has 0 fully saturated rings. The summed E-state index contributed by atoms with van der Waals surface area (Å²) in [6.07, 6.45) is 3.48. The van der Waals surface area contributed by atoms with Crippen molar-refractivity contribution >= 4 is 16.9 Å². The molecule has 0 aliphatic heterocycles. The van der Waals surface area contributed by atoms with E-state index in [1.54, 1.807) is 25.4 Å². The third kappa shape index (κ3) is 3.13. The normalized spacial score (nSPS) is 14.2. The lowest BCUT2D eigenvalue weighted by molar-refractivity contribution is 0.0943. The highest BCUT2D eigenvalue weighted by atomic mass is 16.2. The van der Waals surface area contributed by atoms with E-state index in [9.17, 15) is 9.59 Å². The van der Waals surface area contributed by atoms with Crippen LogP contribution in [0.5, 0.6) is 0 Å². The fraction of sp³-hybridized carbons (Fsp3) is 0.0769. The van der Waals surface area contributed by atoms with Crippen LogP contribution >= 0.6 is 0 Å². The van der Waals surface area contributed by atoms with Crippen LogP contribution in [0.3, 0.4) is 0 Å². The van der Waals surface area contributed by atoms with E-state index in [2.05, 4.69) is 26.3 Å². The van der Waals surface area contributed by atoms with Crippen LogP contribution in [0.15, 0.2) is 77.9 Å². The molecule has 0 saturated carbocycles. The summed E-state index contributed by atoms with van der Waals surface area (Å²) in [4.78, 5) is 40.0. The van der Waals surface area contributed by atoms with E-state index in [0.29, 0.717) is 11.3 Å². The maximum atomic E-state index is 13.1. The van der Waals surface area contributed by atoms with Gasteiger partial charge in [-0.3, -0.25) is 14.6 Å². The van der Waals surface area contributed by atoms with Crippen molar-refractivity contribution in [1.82, 2.24) is 25.3 Å². The topological polar surface area (TPSA) is 104 Å². The van der Waals surface area contributed by atoms with Gasteiger partial charge in [0.1, 0.15) is 5.82 Å². The number of hydrogen-bond acceptors (Lipinski definition) is 4. The van der Waals surface area contributed by atoms with Crippen LogP contribution < -0.4 is 10.9 Å². The minimum atomic E-state index is -0.339. The van der Waals surface area contributed by atoms with Gasteiger partial charge in [0.05, 0.1) is 23.3 Å². The highest BCUT2D eigenvalue weighted by Crippen LogP contribution is 2.47. The molecular formula is C26H19N5O2. The number of nitrogens with one attached hydrogen (secondary N) is 3. The van der Waals surface area contributed by atoms with Crippen molar-refractivity contribution in [1.29, 1.82) is 0 Å². The second kappa shape index (κ2) is 7.27. The number of H-pyrrole nitrogens is 2. The molecule has 3 N–H and O–H groups in total. The van der Waals surface area contributed by atoms with Gasteiger partial charge >= 0.3 is 0 Å². The summed E-state index contributed by atoms with van der Waals surface area (Å²) in [7, 11) is 0. The van der Waals surface area contributed by atoms with Gasteiger partial charge in [0.2, 0.25) is 5.56 Å². The first kappa shape index (κ1) is 19.2. The number of pyridine rings is 2. The Hall–Kier alpha value is -4.52. The molecular weight excluding hydrogens is 414 g/mol. The van der Waals surface area contributed by atoms with Gasteiger partial charge in [0.25, 0.3) is 5.91 Å². The monoisotopic (exact) mass is 433 g/mol. The molecule has 7 heteroatoms. The second-order valence-corrected chi connectivity index (χ2v) is 8.16. The Kier molecular flexibility index (Phi) is 4.23. The number of rotatable bonds is 3. The van der Waals surface area contributed by atoms with E-state index in [-0.39, 0.29) is 17.5 Å². The van der Waals surface area contributed by atoms with Crippen LogP contribution in [0.4, 0.5) is 0 Å². The Labute approximate surface area is 188 Å². The SMILES string of the molecule is Cc1cc(C(=O)NC2c3ccccc3-c3c(-c4nc5ccncc5[nH]4)cccc32)cc(=O)[nH]1. The highest BCUT2D eigenvalue weighted by molar-refractivity contribution is 5.97. The van der Waals surface area contributed by atoms with Crippen molar-refractivity contribution in [3.8, 4) is 22.5 Å². The van der Waals surface area contributed by atoms with E-state index in [1.807, 2.05) is 42.5 Å². The van der Waals surface area contributed by atoms with Crippen molar-refractivity contribution in [3.63, 3.8) is 0 Å². The number of imidazole rings is 1. The zero-order chi connectivity index (χ0) is 22.5. The Morgan fingerprint density at radius 3 is 2.64 bits per heavy atom. The molecule has 0 spiro atoms. The molecule has 0 saturated heterocycles. The molecule has 0 bridgehead atoms. The van der Waals surface area contributed by atoms with Crippen LogP contribution in [-0.4, -0.2) is 25.8 Å². The predicted octanol–water partition coefficient (Wildman–Crippen LogP) is 4.12. The number of aryl methyl sites for hydroxylation is 1. The van der Waals surface area contributed by atoms with E-state index in [0.717, 1.165) is 44.7 Å². The largest absolute Gasteiger partial charge is 0.341 e. The van der Waals surface area contributed by atoms with Crippen molar-refractivity contribution in [2.45, 2.75) is 13.0 Å². The number of hydrogen-bond donors (Lipinski definition) is 3. The van der Waals surface area contributed by atoms with Crippen LogP contribution in [0.25, 0.3) is 33.5 Å². The summed E-state index contributed by atoms with van der Waals surface area (Å²) < 4.78 is 0. The maximum absolute atomic E-state index is 13.1. The summed E-state index contributed by atoms with van der Waals surface area (Å²) in [5.41, 5.74) is 7.43. The van der Waals surface area contributed by atoms with Crippen LogP contribution in [-0.2, 0) is 0 Å². The third-order valence-electron chi connectivity index (χ3n) is 6.00. The summed E-state index contributed by atoms with van der Waals surface area (Å²) >= 11 is 0. The molecule has 1 amide bonds. The standard InChI is InChI=1S/C26H19N5O2/c1-14-11-15(12-22(32)28-14)26(33)31-24-17-6-3-2-5-16(17)23-18(24)7-4-8-19(23)25-29-20-9-10-27-13-21(20)30-25/h2-13,24H,1H3,(H,28,32)(H,29,30)(H,31,33). The maximum Gasteiger partial charge on any atom is 0.252 e. The summed E-state index contributed by atoms with van der Waals surface area (Å²) in [5.74, 6) is 0.457. The lowest BCUT2D eigenvalue weighted by Gasteiger charge is -2.16. The zero-order valence-electron chi connectivity index (χ0n) is 17.7. The number of nitrogens with zero attached hydrogens (tertiary/aromatic N) is 2. The molecule has 160 valence electrons. The molecule has 1 unspecified atom stereocenters. The predicted molar refractivity (Wildman–Crippen MR) is 126 cm³/mol. The molecule has 3 aromatic heterocycles. The number of aromatic nitrogens is 4. The van der Waals surface area contributed by atoms with E-state index in [4.69, 9.17) is 4.98 Å². The molecule has 33 heavy (non-hydrogen) atoms. The summed E-state index contributed by atoms with van der Waals surface area (Å²) in [6.45, 7) is 1.76. The smallest absolute Gasteiger partial charge is 0.252 e. The fourth-order valence-electron chi connectivity index (χ4n) is 4.62. The quantitative estimate of drug-likeness (QED) is 0.398. The van der Waals surface area contributed by atoms with Gasteiger partial charge in [-0.15, -0.1) is 0 Å². The Morgan fingerprint density at radius 1 is 0.970 bits per heavy atom. The first-order chi connectivity index (χ1) is 16.1. The molecule has 5 aromatic rings. The van der Waals surface area contributed by atoms with E-state index >= 15 is 0 Å². The van der Waals surface area contributed by atoms with Gasteiger partial charge in [0, 0.05) is 29.1 Å². The lowest BCUT2D eigenvalue weighted by Crippen LogP contribution is -2.29. The summed E-state index contributed by atoms with van der Waals surface area (Å²) in [5, 5.41) is 3.13. The van der Waals surface area contributed by atoms with Crippen molar-refractivity contribution in [2.75, 3.05) is 0 Å². The van der Waals surface area contributed by atoms with Crippen molar-refractivity contribution < 1.29 is 4.79 Å². The fourth-order valence-corrected chi connectivity index (χ4v) is 4.62. The minimum absolute atomic E-state index is 0.294. The van der Waals surface area contributed by atoms with E-state index < -0.39 is 0 Å². The lowest BCUT2D eigenvalue weighted by atomic mass is 9.98. The van der Waals surface area contributed by atoms with E-state index in [1.165, 1.54) is 6.07 Å². The first-order valence-electron chi connectivity index (χ1n) is 10.6. The number of amides is 1. The average molecular weight is 433 g/mol. The van der Waals surface area contributed by atoms with Crippen molar-refractivity contribution in [3.05, 3.63) is 106 Å². The molecule has 2 aromatic carbocycles. The van der Waals surface area contributed by atoms with Gasteiger partial charge < -0.3 is 15.3 Å². The number of carbonyl (C=O) groups is 1. The molecule has 1 aliphatic carbocycles. The second-order valence-electron chi connectivity index (χ2n) is 8.16. The number of carbonyl (C=O) groups excluding carboxylic acids is 1. The number of fused-ring (bicyclic) bond motifs is 4. The molecule has 1 aliphatic rings. The number of aromatic amines is 2. The van der Waals surface area contributed by atoms with Gasteiger partial charge in [-0.1, -0.05) is 42.5 Å². The van der Waals surface area contributed by atoms with Crippen LogP contribution in [0.2, 0.25) is 0 Å². The molecule has 7 nitrogen and oxygen atoms in total. The molecule has 6 rings (SSSR count). The van der Waals surface area contributed by atoms with Gasteiger partial charge in [-0.05, 0) is 41.3 Å². The van der Waals surface area contributed by atoms with Gasteiger partial charge in [-0.25, -0.2) is 4.98 Å².